The monoisotopic (exact) mass is 473 g/mol. The normalized spacial score (nSPS) is 17.7. The minimum atomic E-state index is -1.31. The lowest BCUT2D eigenvalue weighted by molar-refractivity contribution is -0.133. The molecule has 1 aliphatic rings. The van der Waals surface area contributed by atoms with Crippen LogP contribution in [-0.2, 0) is 26.3 Å². The Kier molecular flexibility index (Phi) is 7.06. The Morgan fingerprint density at radius 3 is 2.42 bits per heavy atom. The number of aryl methyl sites for hydroxylation is 1. The number of methoxy groups -OCH3 is 1. The van der Waals surface area contributed by atoms with Crippen molar-refractivity contribution >= 4 is 40.2 Å². The first kappa shape index (κ1) is 24.2. The van der Waals surface area contributed by atoms with Crippen molar-refractivity contribution in [3.63, 3.8) is 0 Å². The topological polar surface area (TPSA) is 114 Å². The molecule has 0 saturated carbocycles. The van der Waals surface area contributed by atoms with E-state index < -0.39 is 35.9 Å². The van der Waals surface area contributed by atoms with Crippen LogP contribution in [0.2, 0.25) is 0 Å². The number of esters is 1. The minimum absolute atomic E-state index is 0.204. The molecule has 176 valence electrons. The average molecular weight is 474 g/mol. The number of carbonyl (C=O) groups excluding carboxylic acids is 4. The molecule has 0 bridgehead atoms. The van der Waals surface area contributed by atoms with Crippen molar-refractivity contribution in [3.05, 3.63) is 45.8 Å². The number of amides is 4. The third kappa shape index (κ3) is 4.56. The zero-order chi connectivity index (χ0) is 24.3. The van der Waals surface area contributed by atoms with E-state index >= 15 is 0 Å². The number of benzene rings is 1. The van der Waals surface area contributed by atoms with Crippen molar-refractivity contribution in [3.8, 4) is 5.75 Å². The van der Waals surface area contributed by atoms with Crippen molar-refractivity contribution in [1.29, 1.82) is 0 Å². The molecule has 1 aromatic heterocycles. The van der Waals surface area contributed by atoms with Gasteiger partial charge in [0.2, 0.25) is 5.91 Å². The Morgan fingerprint density at radius 1 is 1.18 bits per heavy atom. The highest BCUT2D eigenvalue weighted by Crippen LogP contribution is 2.34. The summed E-state index contributed by atoms with van der Waals surface area (Å²) in [5, 5.41) is 5.70. The maximum Gasteiger partial charge on any atom is 0.341 e. The molecule has 1 saturated heterocycles. The molecule has 0 radical (unpaired) electrons. The van der Waals surface area contributed by atoms with E-state index in [2.05, 4.69) is 10.6 Å². The summed E-state index contributed by atoms with van der Waals surface area (Å²) in [5.74, 6) is -1.05. The predicted molar refractivity (Wildman–Crippen MR) is 124 cm³/mol. The summed E-state index contributed by atoms with van der Waals surface area (Å²) >= 11 is 1.28. The number of hydrogen-bond donors (Lipinski definition) is 2. The van der Waals surface area contributed by atoms with Gasteiger partial charge in [-0.15, -0.1) is 11.3 Å². The van der Waals surface area contributed by atoms with Crippen LogP contribution in [0.3, 0.4) is 0 Å². The van der Waals surface area contributed by atoms with Crippen molar-refractivity contribution in [2.75, 3.05) is 25.6 Å². The van der Waals surface area contributed by atoms with Crippen molar-refractivity contribution in [2.45, 2.75) is 39.7 Å². The highest BCUT2D eigenvalue weighted by atomic mass is 32.1. The van der Waals surface area contributed by atoms with Crippen LogP contribution in [0.25, 0.3) is 0 Å². The Balaban J connectivity index is 1.79. The zero-order valence-corrected chi connectivity index (χ0v) is 20.1. The molecular formula is C23H27N3O6S. The number of carbonyl (C=O) groups is 4. The van der Waals surface area contributed by atoms with E-state index in [0.717, 1.165) is 15.3 Å². The van der Waals surface area contributed by atoms with E-state index in [9.17, 15) is 19.2 Å². The first-order valence-corrected chi connectivity index (χ1v) is 11.4. The highest BCUT2D eigenvalue weighted by Gasteiger charge is 2.49. The third-order valence-corrected chi connectivity index (χ3v) is 6.89. The van der Waals surface area contributed by atoms with Crippen LogP contribution in [0.5, 0.6) is 5.75 Å². The second-order valence-electron chi connectivity index (χ2n) is 7.65. The van der Waals surface area contributed by atoms with E-state index in [1.54, 1.807) is 45.0 Å². The Labute approximate surface area is 196 Å². The van der Waals surface area contributed by atoms with Gasteiger partial charge in [0.25, 0.3) is 5.91 Å². The molecule has 1 aliphatic heterocycles. The van der Waals surface area contributed by atoms with Gasteiger partial charge in [-0.2, -0.15) is 0 Å². The van der Waals surface area contributed by atoms with Crippen LogP contribution in [0.15, 0.2) is 24.3 Å². The number of anilines is 1. The van der Waals surface area contributed by atoms with E-state index in [-0.39, 0.29) is 6.61 Å². The molecule has 1 fully saturated rings. The summed E-state index contributed by atoms with van der Waals surface area (Å²) in [4.78, 5) is 52.7. The maximum absolute atomic E-state index is 13.1. The molecule has 9 nitrogen and oxygen atoms in total. The molecule has 2 aromatic rings. The molecule has 3 rings (SSSR count). The summed E-state index contributed by atoms with van der Waals surface area (Å²) in [6, 6.07) is 6.09. The number of thiophene rings is 1. The zero-order valence-electron chi connectivity index (χ0n) is 19.2. The van der Waals surface area contributed by atoms with E-state index in [4.69, 9.17) is 9.47 Å². The summed E-state index contributed by atoms with van der Waals surface area (Å²) in [6.07, 6.45) is 0.687. The third-order valence-electron chi connectivity index (χ3n) is 5.54. The Bertz CT molecular complexity index is 1090. The summed E-state index contributed by atoms with van der Waals surface area (Å²) in [5.41, 5.74) is 0.301. The van der Waals surface area contributed by atoms with Gasteiger partial charge < -0.3 is 20.1 Å². The second-order valence-corrected chi connectivity index (χ2v) is 8.76. The Morgan fingerprint density at radius 2 is 1.85 bits per heavy atom. The molecule has 2 N–H and O–H groups in total. The number of imide groups is 1. The average Bonchev–Trinajstić information content (AvgIpc) is 3.22. The van der Waals surface area contributed by atoms with E-state index in [1.807, 2.05) is 6.92 Å². The predicted octanol–water partition coefficient (Wildman–Crippen LogP) is 3.21. The van der Waals surface area contributed by atoms with Gasteiger partial charge in [0.15, 0.2) is 0 Å². The molecule has 2 heterocycles. The minimum Gasteiger partial charge on any atom is -0.497 e. The van der Waals surface area contributed by atoms with Crippen LogP contribution in [-0.4, -0.2) is 49.0 Å². The second kappa shape index (κ2) is 9.62. The maximum atomic E-state index is 13.1. The largest absolute Gasteiger partial charge is 0.497 e. The Hall–Kier alpha value is -3.40. The van der Waals surface area contributed by atoms with Gasteiger partial charge in [-0.3, -0.25) is 14.5 Å². The first-order chi connectivity index (χ1) is 15.7. The smallest absolute Gasteiger partial charge is 0.341 e. The fourth-order valence-corrected chi connectivity index (χ4v) is 4.85. The van der Waals surface area contributed by atoms with Crippen LogP contribution in [0.4, 0.5) is 9.80 Å². The molecule has 4 amide bonds. The van der Waals surface area contributed by atoms with Crippen LogP contribution in [0.1, 0.15) is 47.1 Å². The van der Waals surface area contributed by atoms with Gasteiger partial charge in [-0.25, -0.2) is 9.59 Å². The van der Waals surface area contributed by atoms with E-state index in [1.165, 1.54) is 18.4 Å². The molecular weight excluding hydrogens is 446 g/mol. The van der Waals surface area contributed by atoms with Crippen molar-refractivity contribution in [2.24, 2.45) is 0 Å². The molecule has 0 unspecified atom stereocenters. The lowest BCUT2D eigenvalue weighted by Gasteiger charge is -2.22. The molecule has 0 spiro atoms. The molecule has 33 heavy (non-hydrogen) atoms. The van der Waals surface area contributed by atoms with Gasteiger partial charge in [0.1, 0.15) is 22.8 Å². The molecule has 10 heteroatoms. The molecule has 0 aliphatic carbocycles. The van der Waals surface area contributed by atoms with Gasteiger partial charge in [-0.05, 0) is 50.5 Å². The van der Waals surface area contributed by atoms with Gasteiger partial charge in [0, 0.05) is 4.88 Å². The summed E-state index contributed by atoms with van der Waals surface area (Å²) in [6.45, 7) is 6.76. The molecule has 1 aromatic carbocycles. The first-order valence-electron chi connectivity index (χ1n) is 10.5. The fraction of sp³-hybridized carbons (Fsp3) is 0.391. The van der Waals surface area contributed by atoms with Gasteiger partial charge >= 0.3 is 12.0 Å². The quantitative estimate of drug-likeness (QED) is 0.450. The number of rotatable bonds is 8. The number of urea groups is 1. The van der Waals surface area contributed by atoms with Crippen molar-refractivity contribution < 1.29 is 28.7 Å². The highest BCUT2D eigenvalue weighted by molar-refractivity contribution is 7.17. The lowest BCUT2D eigenvalue weighted by atomic mass is 9.92. The van der Waals surface area contributed by atoms with Crippen molar-refractivity contribution in [1.82, 2.24) is 10.2 Å². The standard InChI is InChI=1S/C23H27N3O6S/c1-6-16-13(3)18(20(28)32-7-2)19(33-16)24-17(27)12-26-21(29)23(4,25-22(26)30)14-8-10-15(31-5)11-9-14/h8-11H,6-7,12H2,1-5H3,(H,24,27)(H,25,30)/t23-/m1/s1. The number of hydrogen-bond acceptors (Lipinski definition) is 7. The van der Waals surface area contributed by atoms with Gasteiger partial charge in [-0.1, -0.05) is 19.1 Å². The fourth-order valence-electron chi connectivity index (χ4n) is 3.71. The van der Waals surface area contributed by atoms with Gasteiger partial charge in [0.05, 0.1) is 19.3 Å². The lowest BCUT2D eigenvalue weighted by Crippen LogP contribution is -2.42. The summed E-state index contributed by atoms with van der Waals surface area (Å²) < 4.78 is 10.3. The number of nitrogens with one attached hydrogen (secondary N) is 2. The number of ether oxygens (including phenoxy) is 2. The SMILES string of the molecule is CCOC(=O)c1c(NC(=O)CN2C(=O)N[C@](C)(c3ccc(OC)cc3)C2=O)sc(CC)c1C. The molecule has 1 atom stereocenters. The summed E-state index contributed by atoms with van der Waals surface area (Å²) in [7, 11) is 1.53. The van der Waals surface area contributed by atoms with Crippen LogP contribution >= 0.6 is 11.3 Å². The van der Waals surface area contributed by atoms with E-state index in [0.29, 0.717) is 28.3 Å². The van der Waals surface area contributed by atoms with Crippen LogP contribution in [0, 0.1) is 6.92 Å². The number of nitrogens with zero attached hydrogens (tertiary/aromatic N) is 1. The van der Waals surface area contributed by atoms with Crippen LogP contribution < -0.4 is 15.4 Å².